The molecule has 0 bridgehead atoms. The Hall–Kier alpha value is -1.72. The monoisotopic (exact) mass is 248 g/mol. The molecule has 0 amide bonds. The molecule has 0 saturated heterocycles. The van der Waals surface area contributed by atoms with Gasteiger partial charge in [-0.05, 0) is 26.7 Å². The van der Waals surface area contributed by atoms with Crippen LogP contribution in [-0.2, 0) is 0 Å². The van der Waals surface area contributed by atoms with Crippen LogP contribution in [0.5, 0.6) is 0 Å². The zero-order valence-corrected chi connectivity index (χ0v) is 11.4. The molecule has 2 aromatic rings. The quantitative estimate of drug-likeness (QED) is 0.880. The number of hydrogen-bond acceptors (Lipinski definition) is 5. The van der Waals surface area contributed by atoms with Crippen molar-refractivity contribution in [3.63, 3.8) is 0 Å². The van der Waals surface area contributed by atoms with E-state index in [0.29, 0.717) is 6.04 Å². The average molecular weight is 248 g/mol. The Morgan fingerprint density at radius 3 is 2.56 bits per heavy atom. The van der Waals surface area contributed by atoms with Crippen molar-refractivity contribution < 1.29 is 0 Å². The highest BCUT2D eigenvalue weighted by molar-refractivity contribution is 5.81. The summed E-state index contributed by atoms with van der Waals surface area (Å²) in [5, 5.41) is 11.7. The van der Waals surface area contributed by atoms with E-state index < -0.39 is 0 Å². The lowest BCUT2D eigenvalue weighted by molar-refractivity contribution is 0.526. The van der Waals surface area contributed by atoms with Gasteiger partial charge in [0, 0.05) is 6.04 Å². The summed E-state index contributed by atoms with van der Waals surface area (Å²) in [6.45, 7) is 8.43. The molecular weight excluding hydrogens is 228 g/mol. The van der Waals surface area contributed by atoms with Crippen LogP contribution in [-0.4, -0.2) is 31.0 Å². The Morgan fingerprint density at radius 1 is 1.22 bits per heavy atom. The second-order valence-electron chi connectivity index (χ2n) is 4.68. The molecule has 6 heteroatoms. The highest BCUT2D eigenvalue weighted by atomic mass is 15.5. The topological polar surface area (TPSA) is 68.5 Å². The van der Waals surface area contributed by atoms with Gasteiger partial charge in [0.2, 0.25) is 0 Å². The van der Waals surface area contributed by atoms with E-state index in [-0.39, 0.29) is 6.04 Å². The Bertz CT molecular complexity index is 514. The van der Waals surface area contributed by atoms with Gasteiger partial charge in [0.05, 0.1) is 6.04 Å². The van der Waals surface area contributed by atoms with E-state index in [9.17, 15) is 0 Å². The number of fused-ring (bicyclic) bond motifs is 1. The van der Waals surface area contributed by atoms with Gasteiger partial charge in [0.1, 0.15) is 6.33 Å². The van der Waals surface area contributed by atoms with Crippen molar-refractivity contribution in [3.8, 4) is 0 Å². The van der Waals surface area contributed by atoms with Gasteiger partial charge in [-0.25, -0.2) is 14.6 Å². The average Bonchev–Trinajstić information content (AvgIpc) is 2.80. The van der Waals surface area contributed by atoms with E-state index in [1.54, 1.807) is 6.33 Å². The lowest BCUT2D eigenvalue weighted by Crippen LogP contribution is -2.18. The largest absolute Gasteiger partial charge is 0.365 e. The molecule has 0 spiro atoms. The standard InChI is InChI=1S/C12H20N6/c1-5-9(6-2)15-11-10-12(14-7-13-11)18(8(3)4)17-16-10/h7-9H,5-6H2,1-4H3,(H,13,14,15). The summed E-state index contributed by atoms with van der Waals surface area (Å²) in [4.78, 5) is 8.55. The maximum Gasteiger partial charge on any atom is 0.184 e. The van der Waals surface area contributed by atoms with Gasteiger partial charge in [0.15, 0.2) is 17.0 Å². The maximum absolute atomic E-state index is 4.28. The Labute approximate surface area is 107 Å². The van der Waals surface area contributed by atoms with Crippen LogP contribution in [0.2, 0.25) is 0 Å². The molecule has 0 saturated carbocycles. The highest BCUT2D eigenvalue weighted by Gasteiger charge is 2.14. The van der Waals surface area contributed by atoms with Crippen LogP contribution in [0.15, 0.2) is 6.33 Å². The van der Waals surface area contributed by atoms with Gasteiger partial charge in [-0.3, -0.25) is 0 Å². The first-order chi connectivity index (χ1) is 8.67. The molecule has 0 fully saturated rings. The van der Waals surface area contributed by atoms with Crippen molar-refractivity contribution in [2.75, 3.05) is 5.32 Å². The number of nitrogens with one attached hydrogen (secondary N) is 1. The van der Waals surface area contributed by atoms with Gasteiger partial charge in [-0.1, -0.05) is 19.1 Å². The van der Waals surface area contributed by atoms with Crippen LogP contribution in [0.4, 0.5) is 5.82 Å². The first-order valence-corrected chi connectivity index (χ1v) is 6.49. The van der Waals surface area contributed by atoms with Crippen LogP contribution in [0, 0.1) is 0 Å². The van der Waals surface area contributed by atoms with E-state index in [1.165, 1.54) is 0 Å². The predicted molar refractivity (Wildman–Crippen MR) is 71.5 cm³/mol. The third-order valence-corrected chi connectivity index (χ3v) is 3.08. The van der Waals surface area contributed by atoms with E-state index in [0.717, 1.165) is 29.8 Å². The lowest BCUT2D eigenvalue weighted by atomic mass is 10.2. The molecule has 2 heterocycles. The molecule has 1 N–H and O–H groups in total. The third kappa shape index (κ3) is 2.27. The summed E-state index contributed by atoms with van der Waals surface area (Å²) in [7, 11) is 0. The van der Waals surface area contributed by atoms with Gasteiger partial charge < -0.3 is 5.32 Å². The molecule has 6 nitrogen and oxygen atoms in total. The number of aromatic nitrogens is 5. The molecule has 0 aromatic carbocycles. The first-order valence-electron chi connectivity index (χ1n) is 6.49. The van der Waals surface area contributed by atoms with Crippen LogP contribution in [0.25, 0.3) is 11.2 Å². The number of nitrogens with zero attached hydrogens (tertiary/aromatic N) is 5. The first kappa shape index (κ1) is 12.7. The van der Waals surface area contributed by atoms with Crippen molar-refractivity contribution in [1.29, 1.82) is 0 Å². The fourth-order valence-corrected chi connectivity index (χ4v) is 1.90. The van der Waals surface area contributed by atoms with E-state index in [4.69, 9.17) is 0 Å². The van der Waals surface area contributed by atoms with E-state index >= 15 is 0 Å². The summed E-state index contributed by atoms with van der Waals surface area (Å²) in [5.74, 6) is 0.778. The zero-order valence-electron chi connectivity index (χ0n) is 11.4. The molecule has 0 unspecified atom stereocenters. The molecule has 98 valence electrons. The fraction of sp³-hybridized carbons (Fsp3) is 0.667. The fourth-order valence-electron chi connectivity index (χ4n) is 1.90. The molecule has 0 aliphatic rings. The second-order valence-corrected chi connectivity index (χ2v) is 4.68. The molecule has 0 atom stereocenters. The summed E-state index contributed by atoms with van der Waals surface area (Å²) < 4.78 is 1.81. The second kappa shape index (κ2) is 5.29. The normalized spacial score (nSPS) is 11.7. The van der Waals surface area contributed by atoms with Gasteiger partial charge in [0.25, 0.3) is 0 Å². The minimum atomic E-state index is 0.242. The summed E-state index contributed by atoms with van der Waals surface area (Å²) >= 11 is 0. The number of hydrogen-bond donors (Lipinski definition) is 1. The molecular formula is C12H20N6. The van der Waals surface area contributed by atoms with Gasteiger partial charge in [-0.15, -0.1) is 5.10 Å². The van der Waals surface area contributed by atoms with Crippen LogP contribution in [0.3, 0.4) is 0 Å². The summed E-state index contributed by atoms with van der Waals surface area (Å²) in [6.07, 6.45) is 3.68. The van der Waals surface area contributed by atoms with Crippen molar-refractivity contribution in [1.82, 2.24) is 25.0 Å². The number of anilines is 1. The van der Waals surface area contributed by atoms with Crippen molar-refractivity contribution in [2.24, 2.45) is 0 Å². The Kier molecular flexibility index (Phi) is 3.74. The van der Waals surface area contributed by atoms with Crippen LogP contribution in [0.1, 0.15) is 46.6 Å². The lowest BCUT2D eigenvalue weighted by Gasteiger charge is -2.15. The smallest absolute Gasteiger partial charge is 0.184 e. The molecule has 0 radical (unpaired) electrons. The maximum atomic E-state index is 4.28. The number of rotatable bonds is 5. The molecule has 2 rings (SSSR count). The van der Waals surface area contributed by atoms with Gasteiger partial charge in [-0.2, -0.15) is 0 Å². The molecule has 0 aliphatic carbocycles. The zero-order chi connectivity index (χ0) is 13.1. The van der Waals surface area contributed by atoms with Crippen LogP contribution < -0.4 is 5.32 Å². The SMILES string of the molecule is CCC(CC)Nc1ncnc2c1nnn2C(C)C. The van der Waals surface area contributed by atoms with E-state index in [2.05, 4.69) is 53.3 Å². The molecule has 0 aliphatic heterocycles. The van der Waals surface area contributed by atoms with Crippen molar-refractivity contribution in [3.05, 3.63) is 6.33 Å². The van der Waals surface area contributed by atoms with Crippen LogP contribution >= 0.6 is 0 Å². The minimum Gasteiger partial charge on any atom is -0.365 e. The summed E-state index contributed by atoms with van der Waals surface area (Å²) in [6, 6.07) is 0.651. The van der Waals surface area contributed by atoms with Crippen molar-refractivity contribution in [2.45, 2.75) is 52.6 Å². The minimum absolute atomic E-state index is 0.242. The molecule has 2 aromatic heterocycles. The molecule has 18 heavy (non-hydrogen) atoms. The Balaban J connectivity index is 2.40. The third-order valence-electron chi connectivity index (χ3n) is 3.08. The van der Waals surface area contributed by atoms with E-state index in [1.807, 2.05) is 4.68 Å². The highest BCUT2D eigenvalue weighted by Crippen LogP contribution is 2.20. The summed E-state index contributed by atoms with van der Waals surface area (Å²) in [5.41, 5.74) is 1.53. The van der Waals surface area contributed by atoms with Gasteiger partial charge >= 0.3 is 0 Å². The predicted octanol–water partition coefficient (Wildman–Crippen LogP) is 2.40. The Morgan fingerprint density at radius 2 is 1.94 bits per heavy atom. The van der Waals surface area contributed by atoms with Crippen molar-refractivity contribution >= 4 is 17.0 Å².